The van der Waals surface area contributed by atoms with Gasteiger partial charge in [0.25, 0.3) is 5.69 Å². The van der Waals surface area contributed by atoms with Crippen LogP contribution in [0.2, 0.25) is 0 Å². The Labute approximate surface area is 158 Å². The summed E-state index contributed by atoms with van der Waals surface area (Å²) in [6.45, 7) is 1.77. The predicted octanol–water partition coefficient (Wildman–Crippen LogP) is 2.96. The van der Waals surface area contributed by atoms with Crippen LogP contribution in [0.15, 0.2) is 45.9 Å². The van der Waals surface area contributed by atoms with Gasteiger partial charge in [0, 0.05) is 18.1 Å². The normalized spacial score (nSPS) is 13.1. The van der Waals surface area contributed by atoms with Crippen LogP contribution in [0, 0.1) is 17.0 Å². The number of hydrogen-bond donors (Lipinski definition) is 2. The first-order valence-electron chi connectivity index (χ1n) is 7.94. The molecule has 2 aromatic rings. The van der Waals surface area contributed by atoms with E-state index in [1.807, 2.05) is 0 Å². The summed E-state index contributed by atoms with van der Waals surface area (Å²) in [6, 6.07) is 6.35. The lowest BCUT2D eigenvalue weighted by Gasteiger charge is -2.16. The van der Waals surface area contributed by atoms with Crippen LogP contribution in [-0.2, 0) is 8.98 Å². The number of carbonyl (C=O) groups is 2. The number of nitrogens with two attached hydrogens (primary N) is 1. The van der Waals surface area contributed by atoms with E-state index in [9.17, 15) is 19.7 Å². The summed E-state index contributed by atoms with van der Waals surface area (Å²) in [6.07, 6.45) is 0.251. The molecule has 27 heavy (non-hydrogen) atoms. The van der Waals surface area contributed by atoms with Gasteiger partial charge in [0.2, 0.25) is 5.78 Å². The minimum Gasteiger partial charge on any atom is -0.480 e. The largest absolute Gasteiger partial charge is 0.480 e. The highest BCUT2D eigenvalue weighted by molar-refractivity contribution is 7.94. The third-order valence-corrected chi connectivity index (χ3v) is 4.51. The quantitative estimate of drug-likeness (QED) is 0.269. The highest BCUT2D eigenvalue weighted by Crippen LogP contribution is 2.32. The summed E-state index contributed by atoms with van der Waals surface area (Å²) in [5.41, 5.74) is 6.12. The number of aliphatic carboxylic acids is 1. The van der Waals surface area contributed by atoms with Crippen molar-refractivity contribution in [3.63, 3.8) is 0 Å². The van der Waals surface area contributed by atoms with E-state index in [2.05, 4.69) is 0 Å². The molecule has 0 aliphatic rings. The van der Waals surface area contributed by atoms with E-state index in [4.69, 9.17) is 19.4 Å². The molecule has 1 aromatic heterocycles. The Bertz CT molecular complexity index is 823. The Morgan fingerprint density at radius 2 is 2.11 bits per heavy atom. The second-order valence-corrected chi connectivity index (χ2v) is 6.56. The monoisotopic (exact) mass is 394 g/mol. The van der Waals surface area contributed by atoms with Crippen molar-refractivity contribution in [2.75, 3.05) is 0 Å². The second kappa shape index (κ2) is 9.31. The highest BCUT2D eigenvalue weighted by Gasteiger charge is 2.27. The number of carboxylic acids is 1. The lowest BCUT2D eigenvalue weighted by molar-refractivity contribution is -0.387. The van der Waals surface area contributed by atoms with Crippen LogP contribution in [0.25, 0.3) is 0 Å². The number of nitro groups is 1. The van der Waals surface area contributed by atoms with E-state index < -0.39 is 28.8 Å². The number of Topliss-reactive ketones (excluding diaryl/α,β-unsaturated/α-hetero) is 1. The van der Waals surface area contributed by atoms with Gasteiger partial charge in [0.05, 0.1) is 11.2 Å². The number of nitrogens with zero attached hydrogens (tertiary/aromatic N) is 1. The molecule has 0 bridgehead atoms. The Morgan fingerprint density at radius 1 is 1.37 bits per heavy atom. The van der Waals surface area contributed by atoms with Crippen LogP contribution in [0.3, 0.4) is 0 Å². The van der Waals surface area contributed by atoms with Crippen LogP contribution < -0.4 is 5.73 Å². The molecule has 9 nitrogen and oxygen atoms in total. The average molecular weight is 394 g/mol. The summed E-state index contributed by atoms with van der Waals surface area (Å²) in [7, 11) is 0. The summed E-state index contributed by atoms with van der Waals surface area (Å²) < 4.78 is 10.6. The molecule has 0 fully saturated rings. The molecule has 3 N–H and O–H groups in total. The van der Waals surface area contributed by atoms with Crippen molar-refractivity contribution in [2.24, 2.45) is 5.73 Å². The Hall–Kier alpha value is -2.69. The van der Waals surface area contributed by atoms with Crippen LogP contribution in [0.5, 0.6) is 0 Å². The summed E-state index contributed by atoms with van der Waals surface area (Å²) in [4.78, 5) is 34.3. The second-order valence-electron chi connectivity index (χ2n) is 5.76. The molecule has 0 saturated carbocycles. The molecular formula is C17H18N2O7S. The molecule has 1 aromatic carbocycles. The maximum atomic E-state index is 12.5. The van der Waals surface area contributed by atoms with Crippen LogP contribution >= 0.6 is 12.0 Å². The van der Waals surface area contributed by atoms with E-state index in [1.165, 1.54) is 24.5 Å². The Kier molecular flexibility index (Phi) is 7.11. The highest BCUT2D eigenvalue weighted by atomic mass is 32.2. The van der Waals surface area contributed by atoms with E-state index in [-0.39, 0.29) is 29.2 Å². The van der Waals surface area contributed by atoms with E-state index >= 15 is 0 Å². The molecule has 2 rings (SSSR count). The van der Waals surface area contributed by atoms with Gasteiger partial charge in [-0.3, -0.25) is 23.9 Å². The fourth-order valence-electron chi connectivity index (χ4n) is 2.20. The predicted molar refractivity (Wildman–Crippen MR) is 96.4 cm³/mol. The number of benzene rings is 1. The zero-order valence-electron chi connectivity index (χ0n) is 14.4. The molecule has 144 valence electrons. The third-order valence-electron chi connectivity index (χ3n) is 3.68. The van der Waals surface area contributed by atoms with Crippen LogP contribution in [0.4, 0.5) is 5.69 Å². The van der Waals surface area contributed by atoms with Crippen molar-refractivity contribution in [1.29, 1.82) is 0 Å². The number of nitro benzene ring substituents is 1. The van der Waals surface area contributed by atoms with Gasteiger partial charge in [-0.25, -0.2) is 0 Å². The first-order chi connectivity index (χ1) is 12.8. The van der Waals surface area contributed by atoms with Crippen molar-refractivity contribution in [1.82, 2.24) is 0 Å². The minimum absolute atomic E-state index is 0.0110. The maximum absolute atomic E-state index is 12.5. The molecule has 0 spiro atoms. The standard InChI is InChI=1S/C17H18N2O7S/c1-10-4-6-12(19(23)24)15(9-10)27-26-14(7-5-11(18)17(21)22)16(20)13-3-2-8-25-13/h2-4,6,8-9,11,14H,5,7,18H2,1H3,(H,21,22). The number of aryl methyl sites for hydroxylation is 1. The molecule has 0 aliphatic heterocycles. The SMILES string of the molecule is Cc1ccc([N+](=O)[O-])c(SOC(CCC(N)C(=O)O)C(=O)c2ccco2)c1. The molecule has 1 heterocycles. The number of carboxylic acid groups (broad SMARTS) is 1. The number of carbonyl (C=O) groups excluding carboxylic acids is 1. The van der Waals surface area contributed by atoms with Gasteiger partial charge in [0.15, 0.2) is 5.76 Å². The average Bonchev–Trinajstić information content (AvgIpc) is 3.15. The van der Waals surface area contributed by atoms with E-state index in [0.29, 0.717) is 12.0 Å². The topological polar surface area (TPSA) is 146 Å². The summed E-state index contributed by atoms with van der Waals surface area (Å²) in [5.74, 6) is -1.65. The van der Waals surface area contributed by atoms with Crippen LogP contribution in [0.1, 0.15) is 29.0 Å². The van der Waals surface area contributed by atoms with Crippen molar-refractivity contribution < 1.29 is 28.2 Å². The molecule has 0 aliphatic carbocycles. The van der Waals surface area contributed by atoms with Gasteiger partial charge in [-0.05, 0) is 43.5 Å². The van der Waals surface area contributed by atoms with Crippen molar-refractivity contribution in [2.45, 2.75) is 36.8 Å². The fourth-order valence-corrected chi connectivity index (χ4v) is 3.07. The molecule has 2 unspecified atom stereocenters. The van der Waals surface area contributed by atoms with Gasteiger partial charge < -0.3 is 15.3 Å². The van der Waals surface area contributed by atoms with E-state index in [0.717, 1.165) is 5.56 Å². The lowest BCUT2D eigenvalue weighted by atomic mass is 10.0. The first kappa shape index (κ1) is 20.6. The Morgan fingerprint density at radius 3 is 2.70 bits per heavy atom. The van der Waals surface area contributed by atoms with E-state index in [1.54, 1.807) is 19.1 Å². The zero-order valence-corrected chi connectivity index (χ0v) is 15.2. The van der Waals surface area contributed by atoms with Gasteiger partial charge in [-0.2, -0.15) is 0 Å². The minimum atomic E-state index is -1.19. The molecule has 10 heteroatoms. The number of furan rings is 1. The lowest BCUT2D eigenvalue weighted by Crippen LogP contribution is -2.32. The third kappa shape index (κ3) is 5.64. The molecule has 0 radical (unpaired) electrons. The van der Waals surface area contributed by atoms with Gasteiger partial charge >= 0.3 is 5.97 Å². The fraction of sp³-hybridized carbons (Fsp3) is 0.294. The number of hydrogen-bond acceptors (Lipinski definition) is 8. The summed E-state index contributed by atoms with van der Waals surface area (Å²) in [5, 5.41) is 20.1. The zero-order chi connectivity index (χ0) is 20.0. The number of ketones is 1. The molecular weight excluding hydrogens is 376 g/mol. The smallest absolute Gasteiger partial charge is 0.320 e. The van der Waals surface area contributed by atoms with Crippen molar-refractivity contribution >= 4 is 29.5 Å². The van der Waals surface area contributed by atoms with Crippen molar-refractivity contribution in [3.8, 4) is 0 Å². The van der Waals surface area contributed by atoms with Crippen LogP contribution in [-0.4, -0.2) is 33.9 Å². The summed E-state index contributed by atoms with van der Waals surface area (Å²) >= 11 is 0.691. The van der Waals surface area contributed by atoms with Gasteiger partial charge in [-0.15, -0.1) is 0 Å². The molecule has 0 saturated heterocycles. The number of rotatable bonds is 10. The molecule has 0 amide bonds. The van der Waals surface area contributed by atoms with Crippen molar-refractivity contribution in [3.05, 3.63) is 58.0 Å². The van der Waals surface area contributed by atoms with Gasteiger partial charge in [0.1, 0.15) is 17.0 Å². The van der Waals surface area contributed by atoms with Gasteiger partial charge in [-0.1, -0.05) is 6.07 Å². The molecule has 2 atom stereocenters. The maximum Gasteiger partial charge on any atom is 0.320 e. The Balaban J connectivity index is 2.16. The first-order valence-corrected chi connectivity index (χ1v) is 8.68.